The van der Waals surface area contributed by atoms with Gasteiger partial charge >= 0.3 is 12.1 Å². The fourth-order valence-corrected chi connectivity index (χ4v) is 2.98. The molecule has 142 valence electrons. The van der Waals surface area contributed by atoms with Gasteiger partial charge in [-0.15, -0.1) is 0 Å². The summed E-state index contributed by atoms with van der Waals surface area (Å²) in [6.07, 6.45) is 2.63. The van der Waals surface area contributed by atoms with Crippen LogP contribution in [0.3, 0.4) is 0 Å². The lowest BCUT2D eigenvalue weighted by molar-refractivity contribution is -0.146. The molecular weight excluding hydrogens is 332 g/mol. The molecule has 1 aromatic carbocycles. The molecule has 0 N–H and O–H groups in total. The Morgan fingerprint density at radius 1 is 1.23 bits per heavy atom. The SMILES string of the molecule is COC(=O)[C@@H](CCc1cn(C)c2ccccc12)N(C)C(=O)OC(C)(C)C. The van der Waals surface area contributed by atoms with Crippen molar-refractivity contribution in [3.05, 3.63) is 36.0 Å². The average Bonchev–Trinajstić information content (AvgIpc) is 2.89. The second kappa shape index (κ2) is 7.81. The Hall–Kier alpha value is -2.50. The molecule has 0 unspecified atom stereocenters. The number of para-hydroxylation sites is 1. The molecule has 0 aliphatic carbocycles. The maximum absolute atomic E-state index is 12.3. The van der Waals surface area contributed by atoms with E-state index >= 15 is 0 Å². The number of carbonyl (C=O) groups excluding carboxylic acids is 2. The van der Waals surface area contributed by atoms with Crippen molar-refractivity contribution in [2.45, 2.75) is 45.3 Å². The van der Waals surface area contributed by atoms with Crippen LogP contribution in [0.4, 0.5) is 4.79 Å². The van der Waals surface area contributed by atoms with Crippen molar-refractivity contribution in [2.24, 2.45) is 7.05 Å². The highest BCUT2D eigenvalue weighted by Crippen LogP contribution is 2.23. The van der Waals surface area contributed by atoms with Crippen LogP contribution in [-0.2, 0) is 27.7 Å². The molecule has 26 heavy (non-hydrogen) atoms. The summed E-state index contributed by atoms with van der Waals surface area (Å²) in [6, 6.07) is 7.42. The van der Waals surface area contributed by atoms with Crippen LogP contribution in [0.15, 0.2) is 30.5 Å². The fraction of sp³-hybridized carbons (Fsp3) is 0.500. The summed E-state index contributed by atoms with van der Waals surface area (Å²) in [5, 5.41) is 1.15. The fourth-order valence-electron chi connectivity index (χ4n) is 2.98. The second-order valence-electron chi connectivity index (χ2n) is 7.45. The number of likely N-dealkylation sites (N-methyl/N-ethyl adjacent to an activating group) is 1. The van der Waals surface area contributed by atoms with E-state index < -0.39 is 23.7 Å². The number of esters is 1. The number of hydrogen-bond acceptors (Lipinski definition) is 4. The topological polar surface area (TPSA) is 60.8 Å². The summed E-state index contributed by atoms with van der Waals surface area (Å²) in [6.45, 7) is 5.38. The van der Waals surface area contributed by atoms with Crippen molar-refractivity contribution in [1.29, 1.82) is 0 Å². The van der Waals surface area contributed by atoms with Gasteiger partial charge in [-0.05, 0) is 45.2 Å². The van der Waals surface area contributed by atoms with Crippen LogP contribution in [0.25, 0.3) is 10.9 Å². The third kappa shape index (κ3) is 4.56. The van der Waals surface area contributed by atoms with Crippen molar-refractivity contribution < 1.29 is 19.1 Å². The van der Waals surface area contributed by atoms with Crippen molar-refractivity contribution in [1.82, 2.24) is 9.47 Å². The lowest BCUT2D eigenvalue weighted by Crippen LogP contribution is -2.45. The van der Waals surface area contributed by atoms with Crippen molar-refractivity contribution in [2.75, 3.05) is 14.2 Å². The van der Waals surface area contributed by atoms with Crippen LogP contribution in [0.1, 0.15) is 32.8 Å². The zero-order valence-electron chi connectivity index (χ0n) is 16.4. The molecular formula is C20H28N2O4. The third-order valence-corrected chi connectivity index (χ3v) is 4.29. The van der Waals surface area contributed by atoms with Crippen LogP contribution in [0.5, 0.6) is 0 Å². The van der Waals surface area contributed by atoms with Gasteiger partial charge < -0.3 is 14.0 Å². The van der Waals surface area contributed by atoms with E-state index in [0.717, 1.165) is 16.5 Å². The van der Waals surface area contributed by atoms with Gasteiger partial charge in [-0.2, -0.15) is 0 Å². The van der Waals surface area contributed by atoms with Gasteiger partial charge in [0.2, 0.25) is 0 Å². The predicted molar refractivity (Wildman–Crippen MR) is 101 cm³/mol. The van der Waals surface area contributed by atoms with E-state index in [9.17, 15) is 9.59 Å². The first-order valence-electron chi connectivity index (χ1n) is 8.70. The van der Waals surface area contributed by atoms with Crippen molar-refractivity contribution >= 4 is 23.0 Å². The minimum absolute atomic E-state index is 0.446. The number of methoxy groups -OCH3 is 1. The number of carbonyl (C=O) groups is 2. The zero-order chi connectivity index (χ0) is 19.5. The summed E-state index contributed by atoms with van der Waals surface area (Å²) < 4.78 is 12.3. The smallest absolute Gasteiger partial charge is 0.410 e. The first-order valence-corrected chi connectivity index (χ1v) is 8.70. The van der Waals surface area contributed by atoms with Crippen LogP contribution in [0, 0.1) is 0 Å². The summed E-state index contributed by atoms with van der Waals surface area (Å²) in [7, 11) is 4.89. The Kier molecular flexibility index (Phi) is 5.95. The van der Waals surface area contributed by atoms with Gasteiger partial charge in [0.15, 0.2) is 0 Å². The van der Waals surface area contributed by atoms with Crippen molar-refractivity contribution in [3.63, 3.8) is 0 Å². The lowest BCUT2D eigenvalue weighted by Gasteiger charge is -2.29. The molecule has 0 fully saturated rings. The average molecular weight is 360 g/mol. The van der Waals surface area contributed by atoms with E-state index in [1.165, 1.54) is 12.0 Å². The van der Waals surface area contributed by atoms with Crippen LogP contribution in [0.2, 0.25) is 0 Å². The van der Waals surface area contributed by atoms with Gasteiger partial charge in [0.25, 0.3) is 0 Å². The van der Waals surface area contributed by atoms with Gasteiger partial charge in [0.05, 0.1) is 7.11 Å². The molecule has 1 heterocycles. The molecule has 0 spiro atoms. The summed E-state index contributed by atoms with van der Waals surface area (Å²) >= 11 is 0. The Balaban J connectivity index is 2.17. The van der Waals surface area contributed by atoms with E-state index in [2.05, 4.69) is 22.9 Å². The number of fused-ring (bicyclic) bond motifs is 1. The van der Waals surface area contributed by atoms with Gasteiger partial charge in [0.1, 0.15) is 11.6 Å². The Labute approximate surface area is 154 Å². The molecule has 0 aliphatic rings. The van der Waals surface area contributed by atoms with E-state index in [4.69, 9.17) is 9.47 Å². The number of benzene rings is 1. The standard InChI is InChI=1S/C20H28N2O4/c1-20(2,3)26-19(24)22(5)17(18(23)25-6)12-11-14-13-21(4)16-10-8-7-9-15(14)16/h7-10,13,17H,11-12H2,1-6H3/t17-/m1/s1. The van der Waals surface area contributed by atoms with E-state index in [1.807, 2.05) is 19.2 Å². The minimum atomic E-state index is -0.700. The number of aryl methyl sites for hydroxylation is 2. The van der Waals surface area contributed by atoms with E-state index in [1.54, 1.807) is 27.8 Å². The van der Waals surface area contributed by atoms with Crippen LogP contribution in [-0.4, -0.2) is 47.3 Å². The molecule has 1 atom stereocenters. The second-order valence-corrected chi connectivity index (χ2v) is 7.45. The molecule has 0 aliphatic heterocycles. The normalized spacial score (nSPS) is 12.7. The minimum Gasteiger partial charge on any atom is -0.467 e. The van der Waals surface area contributed by atoms with Crippen molar-refractivity contribution in [3.8, 4) is 0 Å². The molecule has 2 rings (SSSR count). The Bertz CT molecular complexity index is 789. The largest absolute Gasteiger partial charge is 0.467 e. The highest BCUT2D eigenvalue weighted by Gasteiger charge is 2.31. The summed E-state index contributed by atoms with van der Waals surface area (Å²) in [5.74, 6) is -0.446. The monoisotopic (exact) mass is 360 g/mol. The molecule has 0 saturated carbocycles. The molecule has 1 aromatic heterocycles. The maximum atomic E-state index is 12.3. The van der Waals surface area contributed by atoms with Gasteiger partial charge in [-0.3, -0.25) is 4.90 Å². The number of amides is 1. The Morgan fingerprint density at radius 3 is 2.50 bits per heavy atom. The quantitative estimate of drug-likeness (QED) is 0.766. The first-order chi connectivity index (χ1) is 12.1. The number of ether oxygens (including phenoxy) is 2. The number of rotatable bonds is 5. The zero-order valence-corrected chi connectivity index (χ0v) is 16.4. The highest BCUT2D eigenvalue weighted by molar-refractivity contribution is 5.84. The molecule has 0 bridgehead atoms. The summed E-state index contributed by atoms with van der Waals surface area (Å²) in [5.41, 5.74) is 1.65. The van der Waals surface area contributed by atoms with Gasteiger partial charge in [0, 0.05) is 31.2 Å². The third-order valence-electron chi connectivity index (χ3n) is 4.29. The van der Waals surface area contributed by atoms with Crippen LogP contribution >= 0.6 is 0 Å². The molecule has 1 amide bonds. The molecule has 6 heteroatoms. The molecule has 6 nitrogen and oxygen atoms in total. The lowest BCUT2D eigenvalue weighted by atomic mass is 10.0. The maximum Gasteiger partial charge on any atom is 0.410 e. The molecule has 2 aromatic rings. The number of hydrogen-bond donors (Lipinski definition) is 0. The van der Waals surface area contributed by atoms with E-state index in [0.29, 0.717) is 12.8 Å². The van der Waals surface area contributed by atoms with Gasteiger partial charge in [-0.25, -0.2) is 9.59 Å². The number of nitrogens with zero attached hydrogens (tertiary/aromatic N) is 2. The predicted octanol–water partition coefficient (Wildman–Crippen LogP) is 3.52. The summed E-state index contributed by atoms with van der Waals surface area (Å²) in [4.78, 5) is 25.9. The molecule has 0 radical (unpaired) electrons. The highest BCUT2D eigenvalue weighted by atomic mass is 16.6. The number of aromatic nitrogens is 1. The van der Waals surface area contributed by atoms with Gasteiger partial charge in [-0.1, -0.05) is 18.2 Å². The van der Waals surface area contributed by atoms with Crippen LogP contribution < -0.4 is 0 Å². The van der Waals surface area contributed by atoms with E-state index in [-0.39, 0.29) is 0 Å². The Morgan fingerprint density at radius 2 is 1.88 bits per heavy atom. The first kappa shape index (κ1) is 19.8. The molecule has 0 saturated heterocycles.